The van der Waals surface area contributed by atoms with Crippen LogP contribution >= 0.6 is 0 Å². The number of hydrogen-bond donors (Lipinski definition) is 1. The van der Waals surface area contributed by atoms with Gasteiger partial charge in [0.25, 0.3) is 0 Å². The highest BCUT2D eigenvalue weighted by molar-refractivity contribution is 5.89. The Labute approximate surface area is 142 Å². The van der Waals surface area contributed by atoms with Crippen LogP contribution in [0.3, 0.4) is 0 Å². The summed E-state index contributed by atoms with van der Waals surface area (Å²) in [5.74, 6) is 0.727. The summed E-state index contributed by atoms with van der Waals surface area (Å²) in [6.45, 7) is 5.03. The number of amides is 2. The molecule has 0 radical (unpaired) electrons. The lowest BCUT2D eigenvalue weighted by atomic mass is 10.1. The molecule has 0 aromatic carbocycles. The quantitative estimate of drug-likeness (QED) is 0.836. The van der Waals surface area contributed by atoms with Gasteiger partial charge in [-0.05, 0) is 18.7 Å². The number of rotatable bonds is 4. The molecule has 2 saturated heterocycles. The summed E-state index contributed by atoms with van der Waals surface area (Å²) in [7, 11) is 3.86. The maximum atomic E-state index is 12.1. The number of piperazine rings is 1. The van der Waals surface area contributed by atoms with Gasteiger partial charge in [-0.25, -0.2) is 4.98 Å². The maximum absolute atomic E-state index is 12.1. The SMILES string of the molecule is CN1CCN(c2ccc(CNC(=O)[C@@H]3CC(=O)N(C)C3)cn2)CC1. The Morgan fingerprint density at radius 2 is 2.00 bits per heavy atom. The number of nitrogens with one attached hydrogen (secondary N) is 1. The molecule has 2 aliphatic heterocycles. The predicted octanol–water partition coefficient (Wildman–Crippen LogP) is -0.0721. The summed E-state index contributed by atoms with van der Waals surface area (Å²) >= 11 is 0. The Kier molecular flexibility index (Phi) is 4.99. The van der Waals surface area contributed by atoms with Gasteiger partial charge in [0.15, 0.2) is 0 Å². The van der Waals surface area contributed by atoms with Crippen molar-refractivity contribution in [2.75, 3.05) is 51.7 Å². The molecule has 1 N–H and O–H groups in total. The number of aromatic nitrogens is 1. The van der Waals surface area contributed by atoms with Gasteiger partial charge in [0.05, 0.1) is 5.92 Å². The summed E-state index contributed by atoms with van der Waals surface area (Å²) in [6.07, 6.45) is 2.13. The van der Waals surface area contributed by atoms with Crippen LogP contribution in [-0.2, 0) is 16.1 Å². The van der Waals surface area contributed by atoms with Crippen molar-refractivity contribution in [2.45, 2.75) is 13.0 Å². The van der Waals surface area contributed by atoms with Gasteiger partial charge >= 0.3 is 0 Å². The minimum absolute atomic E-state index is 0.0355. The van der Waals surface area contributed by atoms with E-state index in [9.17, 15) is 9.59 Å². The fourth-order valence-corrected chi connectivity index (χ4v) is 3.12. The second-order valence-corrected chi connectivity index (χ2v) is 6.71. The van der Waals surface area contributed by atoms with E-state index >= 15 is 0 Å². The molecule has 2 amide bonds. The lowest BCUT2D eigenvalue weighted by Gasteiger charge is -2.33. The smallest absolute Gasteiger partial charge is 0.225 e. The van der Waals surface area contributed by atoms with E-state index in [4.69, 9.17) is 0 Å². The zero-order valence-electron chi connectivity index (χ0n) is 14.4. The second-order valence-electron chi connectivity index (χ2n) is 6.71. The topological polar surface area (TPSA) is 68.8 Å². The molecule has 1 aromatic rings. The Morgan fingerprint density at radius 1 is 1.25 bits per heavy atom. The summed E-state index contributed by atoms with van der Waals surface area (Å²) in [6, 6.07) is 4.02. The van der Waals surface area contributed by atoms with Crippen LogP contribution < -0.4 is 10.2 Å². The third-order valence-electron chi connectivity index (χ3n) is 4.81. The molecule has 0 unspecified atom stereocenters. The third kappa shape index (κ3) is 3.84. The first kappa shape index (κ1) is 16.7. The van der Waals surface area contributed by atoms with Crippen molar-refractivity contribution in [1.29, 1.82) is 0 Å². The highest BCUT2D eigenvalue weighted by Gasteiger charge is 2.31. The van der Waals surface area contributed by atoms with E-state index in [0.29, 0.717) is 19.5 Å². The highest BCUT2D eigenvalue weighted by atomic mass is 16.2. The molecule has 130 valence electrons. The molecule has 3 rings (SSSR count). The van der Waals surface area contributed by atoms with E-state index < -0.39 is 0 Å². The van der Waals surface area contributed by atoms with E-state index in [2.05, 4.69) is 27.1 Å². The number of nitrogens with zero attached hydrogens (tertiary/aromatic N) is 4. The number of anilines is 1. The Morgan fingerprint density at radius 3 is 2.58 bits per heavy atom. The Balaban J connectivity index is 1.49. The standard InChI is InChI=1S/C17H25N5O2/c1-20-5-7-22(8-6-20)15-4-3-13(10-18-15)11-19-17(24)14-9-16(23)21(2)12-14/h3-4,10,14H,5-9,11-12H2,1-2H3,(H,19,24)/t14-/m1/s1. The first-order valence-corrected chi connectivity index (χ1v) is 8.43. The number of likely N-dealkylation sites (tertiary alicyclic amines) is 1. The zero-order chi connectivity index (χ0) is 17.1. The Bertz CT molecular complexity index is 596. The molecule has 7 heteroatoms. The van der Waals surface area contributed by atoms with Gasteiger partial charge in [0, 0.05) is 58.9 Å². The van der Waals surface area contributed by atoms with E-state index in [-0.39, 0.29) is 17.7 Å². The van der Waals surface area contributed by atoms with Crippen LogP contribution in [0.5, 0.6) is 0 Å². The molecule has 1 aromatic heterocycles. The van der Waals surface area contributed by atoms with Gasteiger partial charge < -0.3 is 20.0 Å². The molecule has 1 atom stereocenters. The lowest BCUT2D eigenvalue weighted by molar-refractivity contribution is -0.128. The van der Waals surface area contributed by atoms with E-state index in [1.165, 1.54) is 0 Å². The molecule has 0 spiro atoms. The first-order chi connectivity index (χ1) is 11.5. The van der Waals surface area contributed by atoms with Crippen LogP contribution in [0.2, 0.25) is 0 Å². The monoisotopic (exact) mass is 331 g/mol. The maximum Gasteiger partial charge on any atom is 0.225 e. The van der Waals surface area contributed by atoms with Crippen molar-refractivity contribution < 1.29 is 9.59 Å². The predicted molar refractivity (Wildman–Crippen MR) is 91.5 cm³/mol. The molecule has 2 aliphatic rings. The van der Waals surface area contributed by atoms with Gasteiger partial charge in [-0.3, -0.25) is 9.59 Å². The normalized spacial score (nSPS) is 22.1. The molecule has 0 saturated carbocycles. The van der Waals surface area contributed by atoms with Crippen molar-refractivity contribution in [2.24, 2.45) is 5.92 Å². The summed E-state index contributed by atoms with van der Waals surface area (Å²) in [5, 5.41) is 2.91. The summed E-state index contributed by atoms with van der Waals surface area (Å²) in [4.78, 5) is 34.4. The van der Waals surface area contributed by atoms with E-state index in [0.717, 1.165) is 37.6 Å². The Hall–Kier alpha value is -2.15. The van der Waals surface area contributed by atoms with Gasteiger partial charge in [-0.15, -0.1) is 0 Å². The van der Waals surface area contributed by atoms with Crippen molar-refractivity contribution in [3.05, 3.63) is 23.9 Å². The van der Waals surface area contributed by atoms with Crippen LogP contribution in [0.15, 0.2) is 18.3 Å². The van der Waals surface area contributed by atoms with E-state index in [1.54, 1.807) is 11.9 Å². The highest BCUT2D eigenvalue weighted by Crippen LogP contribution is 2.17. The van der Waals surface area contributed by atoms with Gasteiger partial charge in [-0.2, -0.15) is 0 Å². The van der Waals surface area contributed by atoms with Crippen LogP contribution in [-0.4, -0.2) is 73.4 Å². The largest absolute Gasteiger partial charge is 0.354 e. The summed E-state index contributed by atoms with van der Waals surface area (Å²) < 4.78 is 0. The van der Waals surface area contributed by atoms with Gasteiger partial charge in [-0.1, -0.05) is 6.07 Å². The van der Waals surface area contributed by atoms with Gasteiger partial charge in [0.2, 0.25) is 11.8 Å². The average molecular weight is 331 g/mol. The first-order valence-electron chi connectivity index (χ1n) is 8.43. The minimum Gasteiger partial charge on any atom is -0.354 e. The molecular weight excluding hydrogens is 306 g/mol. The van der Waals surface area contributed by atoms with Crippen molar-refractivity contribution in [3.63, 3.8) is 0 Å². The fraction of sp³-hybridized carbons (Fsp3) is 0.588. The van der Waals surface area contributed by atoms with Crippen molar-refractivity contribution in [3.8, 4) is 0 Å². The number of carbonyl (C=O) groups is 2. The second kappa shape index (κ2) is 7.17. The number of likely N-dealkylation sites (N-methyl/N-ethyl adjacent to an activating group) is 1. The van der Waals surface area contributed by atoms with E-state index in [1.807, 2.05) is 18.3 Å². The lowest BCUT2D eigenvalue weighted by Crippen LogP contribution is -2.44. The molecule has 2 fully saturated rings. The molecule has 24 heavy (non-hydrogen) atoms. The number of pyridine rings is 1. The molecular formula is C17H25N5O2. The zero-order valence-corrected chi connectivity index (χ0v) is 14.4. The molecule has 0 aliphatic carbocycles. The molecule has 0 bridgehead atoms. The number of carbonyl (C=O) groups excluding carboxylic acids is 2. The number of hydrogen-bond acceptors (Lipinski definition) is 5. The molecule has 7 nitrogen and oxygen atoms in total. The van der Waals surface area contributed by atoms with Crippen molar-refractivity contribution in [1.82, 2.24) is 20.1 Å². The summed E-state index contributed by atoms with van der Waals surface area (Å²) in [5.41, 5.74) is 0.971. The molecule has 3 heterocycles. The van der Waals surface area contributed by atoms with Crippen molar-refractivity contribution >= 4 is 17.6 Å². The van der Waals surface area contributed by atoms with Crippen LogP contribution in [0.4, 0.5) is 5.82 Å². The minimum atomic E-state index is -0.236. The third-order valence-corrected chi connectivity index (χ3v) is 4.81. The van der Waals surface area contributed by atoms with Crippen LogP contribution in [0.1, 0.15) is 12.0 Å². The van der Waals surface area contributed by atoms with Crippen LogP contribution in [0, 0.1) is 5.92 Å². The fourth-order valence-electron chi connectivity index (χ4n) is 3.12. The van der Waals surface area contributed by atoms with Crippen LogP contribution in [0.25, 0.3) is 0 Å². The van der Waals surface area contributed by atoms with Gasteiger partial charge in [0.1, 0.15) is 5.82 Å². The average Bonchev–Trinajstić information content (AvgIpc) is 2.93.